The van der Waals surface area contributed by atoms with E-state index in [1.807, 2.05) is 85.1 Å². The molecule has 0 aliphatic carbocycles. The molecular formula is C26H18BrClN2O2S. The van der Waals surface area contributed by atoms with Crippen molar-refractivity contribution in [3.05, 3.63) is 110 Å². The van der Waals surface area contributed by atoms with Crippen molar-refractivity contribution in [2.45, 2.75) is 13.1 Å². The Balaban J connectivity index is 1.49. The predicted octanol–water partition coefficient (Wildman–Crippen LogP) is 7.34. The first-order valence-electron chi connectivity index (χ1n) is 10.3. The monoisotopic (exact) mass is 536 g/mol. The molecular weight excluding hydrogens is 520 g/mol. The fraction of sp³-hybridized carbons (Fsp3) is 0.0769. The molecule has 1 aliphatic rings. The van der Waals surface area contributed by atoms with E-state index in [1.165, 1.54) is 4.90 Å². The molecule has 0 atom stereocenters. The Labute approximate surface area is 209 Å². The number of hydrogen-bond acceptors (Lipinski definition) is 3. The number of fused-ring (bicyclic) bond motifs is 1. The summed E-state index contributed by atoms with van der Waals surface area (Å²) in [5, 5.41) is 1.46. The summed E-state index contributed by atoms with van der Waals surface area (Å²) >= 11 is 10.6. The maximum absolute atomic E-state index is 13.0. The van der Waals surface area contributed by atoms with Gasteiger partial charge in [0.2, 0.25) is 0 Å². The van der Waals surface area contributed by atoms with E-state index >= 15 is 0 Å². The van der Waals surface area contributed by atoms with E-state index in [2.05, 4.69) is 20.5 Å². The Morgan fingerprint density at radius 3 is 2.39 bits per heavy atom. The Kier molecular flexibility index (Phi) is 6.15. The van der Waals surface area contributed by atoms with Gasteiger partial charge in [-0.05, 0) is 59.3 Å². The molecule has 2 amide bonds. The lowest BCUT2D eigenvalue weighted by molar-refractivity contribution is -0.123. The van der Waals surface area contributed by atoms with Gasteiger partial charge in [0.1, 0.15) is 0 Å². The summed E-state index contributed by atoms with van der Waals surface area (Å²) in [7, 11) is 0. The molecule has 1 saturated heterocycles. The Morgan fingerprint density at radius 2 is 1.64 bits per heavy atom. The first kappa shape index (κ1) is 22.0. The number of carbonyl (C=O) groups is 2. The number of benzene rings is 3. The predicted molar refractivity (Wildman–Crippen MR) is 138 cm³/mol. The van der Waals surface area contributed by atoms with E-state index < -0.39 is 0 Å². The fourth-order valence-corrected chi connectivity index (χ4v) is 5.19. The SMILES string of the molecule is O=C1S/C(=C\c2cn(Cc3ccc(Cl)cc3)c3ccc(Br)cc23)C(=O)N1Cc1ccccc1. The summed E-state index contributed by atoms with van der Waals surface area (Å²) in [6.07, 6.45) is 3.85. The minimum atomic E-state index is -0.262. The normalized spacial score (nSPS) is 15.2. The zero-order valence-electron chi connectivity index (χ0n) is 17.4. The number of carbonyl (C=O) groups excluding carboxylic acids is 2. The summed E-state index contributed by atoms with van der Waals surface area (Å²) < 4.78 is 3.09. The highest BCUT2D eigenvalue weighted by atomic mass is 79.9. The molecule has 4 aromatic rings. The second-order valence-electron chi connectivity index (χ2n) is 7.75. The van der Waals surface area contributed by atoms with Gasteiger partial charge in [-0.3, -0.25) is 14.5 Å². The molecule has 4 nitrogen and oxygen atoms in total. The van der Waals surface area contributed by atoms with Crippen LogP contribution in [0.25, 0.3) is 17.0 Å². The highest BCUT2D eigenvalue weighted by Crippen LogP contribution is 2.35. The number of nitrogens with zero attached hydrogens (tertiary/aromatic N) is 2. The Morgan fingerprint density at radius 1 is 0.909 bits per heavy atom. The maximum atomic E-state index is 13.0. The van der Waals surface area contributed by atoms with Crippen molar-refractivity contribution in [3.63, 3.8) is 0 Å². The van der Waals surface area contributed by atoms with Gasteiger partial charge in [0.15, 0.2) is 0 Å². The van der Waals surface area contributed by atoms with Crippen molar-refractivity contribution in [1.29, 1.82) is 0 Å². The third-order valence-corrected chi connectivity index (χ3v) is 7.14. The standard InChI is InChI=1S/C26H18BrClN2O2S/c27-20-8-11-23-22(13-20)19(16-29(23)14-18-6-9-21(28)10-7-18)12-24-25(31)30(26(32)33-24)15-17-4-2-1-3-5-17/h1-13,16H,14-15H2/b24-12-. The highest BCUT2D eigenvalue weighted by molar-refractivity contribution is 9.10. The summed E-state index contributed by atoms with van der Waals surface area (Å²) in [5.74, 6) is -0.262. The van der Waals surface area contributed by atoms with Crippen molar-refractivity contribution in [2.75, 3.05) is 0 Å². The molecule has 0 unspecified atom stereocenters. The molecule has 33 heavy (non-hydrogen) atoms. The van der Waals surface area contributed by atoms with E-state index in [0.29, 0.717) is 16.5 Å². The van der Waals surface area contributed by atoms with Crippen LogP contribution in [0, 0.1) is 0 Å². The smallest absolute Gasteiger partial charge is 0.293 e. The van der Waals surface area contributed by atoms with Crippen LogP contribution in [-0.4, -0.2) is 20.6 Å². The number of hydrogen-bond donors (Lipinski definition) is 0. The average molecular weight is 538 g/mol. The van der Waals surface area contributed by atoms with Gasteiger partial charge in [-0.25, -0.2) is 0 Å². The molecule has 0 saturated carbocycles. The van der Waals surface area contributed by atoms with E-state index in [9.17, 15) is 9.59 Å². The minimum absolute atomic E-state index is 0.249. The van der Waals surface area contributed by atoms with Crippen LogP contribution < -0.4 is 0 Å². The second kappa shape index (κ2) is 9.21. The van der Waals surface area contributed by atoms with Crippen LogP contribution in [0.4, 0.5) is 4.79 Å². The molecule has 1 aliphatic heterocycles. The second-order valence-corrected chi connectivity index (χ2v) is 10.1. The van der Waals surface area contributed by atoms with Crippen molar-refractivity contribution >= 4 is 67.4 Å². The lowest BCUT2D eigenvalue weighted by Gasteiger charge is -2.12. The Bertz CT molecular complexity index is 1400. The van der Waals surface area contributed by atoms with Gasteiger partial charge in [-0.1, -0.05) is 70.0 Å². The summed E-state index contributed by atoms with van der Waals surface area (Å²) in [6.45, 7) is 0.936. The van der Waals surface area contributed by atoms with Crippen LogP contribution in [0.15, 0.2) is 88.4 Å². The van der Waals surface area contributed by atoms with Crippen molar-refractivity contribution in [2.24, 2.45) is 0 Å². The lowest BCUT2D eigenvalue weighted by Crippen LogP contribution is -2.27. The highest BCUT2D eigenvalue weighted by Gasteiger charge is 2.35. The number of amides is 2. The molecule has 5 rings (SSSR count). The van der Waals surface area contributed by atoms with Crippen LogP contribution in [-0.2, 0) is 17.9 Å². The van der Waals surface area contributed by atoms with Gasteiger partial charge < -0.3 is 4.57 Å². The fourth-order valence-electron chi connectivity index (χ4n) is 3.87. The van der Waals surface area contributed by atoms with Crippen LogP contribution in [0.5, 0.6) is 0 Å². The van der Waals surface area contributed by atoms with Gasteiger partial charge >= 0.3 is 0 Å². The average Bonchev–Trinajstić information content (AvgIpc) is 3.27. The van der Waals surface area contributed by atoms with E-state index in [1.54, 1.807) is 0 Å². The van der Waals surface area contributed by atoms with Gasteiger partial charge in [-0.15, -0.1) is 0 Å². The van der Waals surface area contributed by atoms with Crippen LogP contribution in [0.2, 0.25) is 5.02 Å². The third kappa shape index (κ3) is 4.64. The molecule has 2 heterocycles. The van der Waals surface area contributed by atoms with Crippen molar-refractivity contribution in [1.82, 2.24) is 9.47 Å². The van der Waals surface area contributed by atoms with E-state index in [4.69, 9.17) is 11.6 Å². The van der Waals surface area contributed by atoms with Crippen LogP contribution in [0.1, 0.15) is 16.7 Å². The molecule has 0 N–H and O–H groups in total. The topological polar surface area (TPSA) is 42.3 Å². The van der Waals surface area contributed by atoms with E-state index in [0.717, 1.165) is 43.8 Å². The molecule has 0 bridgehead atoms. The zero-order valence-corrected chi connectivity index (χ0v) is 20.5. The van der Waals surface area contributed by atoms with Gasteiger partial charge in [0.25, 0.3) is 11.1 Å². The van der Waals surface area contributed by atoms with Crippen LogP contribution in [0.3, 0.4) is 0 Å². The van der Waals surface area contributed by atoms with E-state index in [-0.39, 0.29) is 17.7 Å². The third-order valence-electron chi connectivity index (χ3n) is 5.48. The molecule has 0 spiro atoms. The first-order chi connectivity index (χ1) is 16.0. The lowest BCUT2D eigenvalue weighted by atomic mass is 10.1. The molecule has 3 aromatic carbocycles. The summed E-state index contributed by atoms with van der Waals surface area (Å²) in [6, 6.07) is 23.4. The first-order valence-corrected chi connectivity index (χ1v) is 12.3. The largest absolute Gasteiger partial charge is 0.342 e. The zero-order chi connectivity index (χ0) is 22.9. The molecule has 0 radical (unpaired) electrons. The summed E-state index contributed by atoms with van der Waals surface area (Å²) in [5.41, 5.74) is 3.98. The minimum Gasteiger partial charge on any atom is -0.342 e. The molecule has 1 fully saturated rings. The number of aromatic nitrogens is 1. The maximum Gasteiger partial charge on any atom is 0.293 e. The number of thioether (sulfide) groups is 1. The van der Waals surface area contributed by atoms with Gasteiger partial charge in [0.05, 0.1) is 11.4 Å². The quantitative estimate of drug-likeness (QED) is 0.250. The Hall–Kier alpha value is -2.80. The number of halogens is 2. The van der Waals surface area contributed by atoms with Crippen LogP contribution >= 0.6 is 39.3 Å². The van der Waals surface area contributed by atoms with Gasteiger partial charge in [0, 0.05) is 38.7 Å². The molecule has 7 heteroatoms. The number of rotatable bonds is 5. The van der Waals surface area contributed by atoms with Crippen molar-refractivity contribution in [3.8, 4) is 0 Å². The molecule has 164 valence electrons. The number of imide groups is 1. The summed E-state index contributed by atoms with van der Waals surface area (Å²) in [4.78, 5) is 27.4. The van der Waals surface area contributed by atoms with Gasteiger partial charge in [-0.2, -0.15) is 0 Å². The molecule has 1 aromatic heterocycles. The van der Waals surface area contributed by atoms with Crippen molar-refractivity contribution < 1.29 is 9.59 Å².